The summed E-state index contributed by atoms with van der Waals surface area (Å²) in [7, 11) is 0. The van der Waals surface area contributed by atoms with Crippen LogP contribution in [0.25, 0.3) is 0 Å². The lowest BCUT2D eigenvalue weighted by molar-refractivity contribution is 0.468. The molecule has 0 aliphatic rings. The lowest BCUT2D eigenvalue weighted by Gasteiger charge is -1.96. The first kappa shape index (κ1) is 6.80. The molecule has 0 atom stereocenters. The highest BCUT2D eigenvalue weighted by atomic mass is 127. The molecular weight excluding hydrogens is 229 g/mol. The maximum atomic E-state index is 9.03. The van der Waals surface area contributed by atoms with Gasteiger partial charge in [-0.25, -0.2) is 0 Å². The average Bonchev–Trinajstić information content (AvgIpc) is 1.83. The zero-order valence-electron chi connectivity index (χ0n) is 4.93. The van der Waals surface area contributed by atoms with Crippen molar-refractivity contribution in [3.63, 3.8) is 0 Å². The molecule has 1 N–H and O–H groups in total. The smallest absolute Gasteiger partial charge is 0.147 e. The highest BCUT2D eigenvalue weighted by molar-refractivity contribution is 14.1. The molecule has 48 valence electrons. The summed E-state index contributed by atoms with van der Waals surface area (Å²) in [6.45, 7) is 1.91. The molecule has 0 fully saturated rings. The third-order valence-electron chi connectivity index (χ3n) is 1.04. The molecule has 2 nitrogen and oxygen atoms in total. The first-order chi connectivity index (χ1) is 4.22. The molecule has 0 aliphatic carbocycles. The van der Waals surface area contributed by atoms with Crippen LogP contribution in [0.15, 0.2) is 12.4 Å². The maximum absolute atomic E-state index is 9.03. The van der Waals surface area contributed by atoms with Crippen molar-refractivity contribution in [1.29, 1.82) is 0 Å². The van der Waals surface area contributed by atoms with Crippen LogP contribution in [0.2, 0.25) is 0 Å². The van der Waals surface area contributed by atoms with E-state index in [9.17, 15) is 0 Å². The summed E-state index contributed by atoms with van der Waals surface area (Å²) in [4.78, 5) is 3.79. The Balaban J connectivity index is 3.25. The molecular formula is C6H6INO. The Morgan fingerprint density at radius 2 is 2.22 bits per heavy atom. The molecule has 0 radical (unpaired) electrons. The van der Waals surface area contributed by atoms with E-state index in [0.29, 0.717) is 0 Å². The first-order valence-corrected chi connectivity index (χ1v) is 3.59. The number of hydrogen-bond donors (Lipinski definition) is 1. The van der Waals surface area contributed by atoms with Gasteiger partial charge in [0.25, 0.3) is 0 Å². The quantitative estimate of drug-likeness (QED) is 0.694. The second kappa shape index (κ2) is 2.51. The number of nitrogens with zero attached hydrogens (tertiary/aromatic N) is 1. The predicted molar refractivity (Wildman–Crippen MR) is 43.4 cm³/mol. The number of hydrogen-bond acceptors (Lipinski definition) is 2. The summed E-state index contributed by atoms with van der Waals surface area (Å²) in [5, 5.41) is 9.03. The van der Waals surface area contributed by atoms with Gasteiger partial charge in [0.05, 0.1) is 9.77 Å². The monoisotopic (exact) mass is 235 g/mol. The largest absolute Gasteiger partial charge is 0.505 e. The number of rotatable bonds is 0. The number of aromatic hydroxyl groups is 1. The Hall–Kier alpha value is -0.320. The van der Waals surface area contributed by atoms with E-state index in [1.165, 1.54) is 6.20 Å². The van der Waals surface area contributed by atoms with E-state index in [2.05, 4.69) is 27.6 Å². The molecule has 0 amide bonds. The lowest BCUT2D eigenvalue weighted by Crippen LogP contribution is -1.81. The lowest BCUT2D eigenvalue weighted by atomic mass is 10.3. The van der Waals surface area contributed by atoms with E-state index in [1.807, 2.05) is 6.92 Å². The summed E-state index contributed by atoms with van der Waals surface area (Å²) < 4.78 is 0.877. The van der Waals surface area contributed by atoms with Crippen LogP contribution in [-0.2, 0) is 0 Å². The van der Waals surface area contributed by atoms with Gasteiger partial charge >= 0.3 is 0 Å². The van der Waals surface area contributed by atoms with Crippen molar-refractivity contribution >= 4 is 22.6 Å². The predicted octanol–water partition coefficient (Wildman–Crippen LogP) is 1.70. The Bertz CT molecular complexity index is 204. The highest BCUT2D eigenvalue weighted by Gasteiger charge is 1.97. The van der Waals surface area contributed by atoms with E-state index in [-0.39, 0.29) is 5.75 Å². The SMILES string of the molecule is Cc1cncc(O)c1I. The van der Waals surface area contributed by atoms with Crippen molar-refractivity contribution in [3.8, 4) is 5.75 Å². The van der Waals surface area contributed by atoms with Gasteiger partial charge in [0.2, 0.25) is 0 Å². The molecule has 0 aromatic carbocycles. The normalized spacial score (nSPS) is 9.56. The van der Waals surface area contributed by atoms with Crippen molar-refractivity contribution in [3.05, 3.63) is 21.5 Å². The Morgan fingerprint density at radius 1 is 1.56 bits per heavy atom. The minimum Gasteiger partial charge on any atom is -0.505 e. The summed E-state index contributed by atoms with van der Waals surface area (Å²) in [6, 6.07) is 0. The number of aromatic nitrogens is 1. The fraction of sp³-hybridized carbons (Fsp3) is 0.167. The van der Waals surface area contributed by atoms with E-state index >= 15 is 0 Å². The molecule has 0 spiro atoms. The Morgan fingerprint density at radius 3 is 2.67 bits per heavy atom. The topological polar surface area (TPSA) is 33.1 Å². The number of halogens is 1. The van der Waals surface area contributed by atoms with Crippen molar-refractivity contribution in [2.45, 2.75) is 6.92 Å². The molecule has 9 heavy (non-hydrogen) atoms. The van der Waals surface area contributed by atoms with Crippen LogP contribution in [0.3, 0.4) is 0 Å². The van der Waals surface area contributed by atoms with Crippen LogP contribution in [0, 0.1) is 10.5 Å². The van der Waals surface area contributed by atoms with Gasteiger partial charge in [-0.3, -0.25) is 4.98 Å². The van der Waals surface area contributed by atoms with Crippen LogP contribution in [-0.4, -0.2) is 10.1 Å². The third kappa shape index (κ3) is 1.32. The summed E-state index contributed by atoms with van der Waals surface area (Å²) in [5.41, 5.74) is 1.01. The fourth-order valence-corrected chi connectivity index (χ4v) is 0.814. The highest BCUT2D eigenvalue weighted by Crippen LogP contribution is 2.19. The fourth-order valence-electron chi connectivity index (χ4n) is 0.535. The summed E-state index contributed by atoms with van der Waals surface area (Å²) in [5.74, 6) is 0.260. The molecule has 1 rings (SSSR count). The molecule has 0 saturated heterocycles. The van der Waals surface area contributed by atoms with Crippen molar-refractivity contribution in [1.82, 2.24) is 4.98 Å². The molecule has 1 heterocycles. The summed E-state index contributed by atoms with van der Waals surface area (Å²) >= 11 is 2.08. The van der Waals surface area contributed by atoms with E-state index in [4.69, 9.17) is 5.11 Å². The van der Waals surface area contributed by atoms with Crippen LogP contribution < -0.4 is 0 Å². The second-order valence-corrected chi connectivity index (χ2v) is 2.87. The Labute approximate surface area is 67.1 Å². The van der Waals surface area contributed by atoms with Gasteiger partial charge in [0.15, 0.2) is 0 Å². The van der Waals surface area contributed by atoms with Crippen molar-refractivity contribution in [2.24, 2.45) is 0 Å². The zero-order valence-corrected chi connectivity index (χ0v) is 7.08. The molecule has 3 heteroatoms. The van der Waals surface area contributed by atoms with Gasteiger partial charge in [-0.2, -0.15) is 0 Å². The molecule has 0 bridgehead atoms. The second-order valence-electron chi connectivity index (χ2n) is 1.79. The Kier molecular flexibility index (Phi) is 1.90. The van der Waals surface area contributed by atoms with Gasteiger partial charge in [0, 0.05) is 6.20 Å². The molecule has 0 aliphatic heterocycles. The minimum absolute atomic E-state index is 0.260. The van der Waals surface area contributed by atoms with Gasteiger partial charge in [0.1, 0.15) is 5.75 Å². The first-order valence-electron chi connectivity index (χ1n) is 2.51. The number of aryl methyl sites for hydroxylation is 1. The minimum atomic E-state index is 0.260. The molecule has 0 unspecified atom stereocenters. The standard InChI is InChI=1S/C6H6INO/c1-4-2-8-3-5(9)6(4)7/h2-3,9H,1H3. The summed E-state index contributed by atoms with van der Waals surface area (Å²) in [6.07, 6.45) is 3.16. The maximum Gasteiger partial charge on any atom is 0.147 e. The van der Waals surface area contributed by atoms with Gasteiger partial charge in [-0.05, 0) is 35.1 Å². The van der Waals surface area contributed by atoms with E-state index in [0.717, 1.165) is 9.13 Å². The average molecular weight is 235 g/mol. The van der Waals surface area contributed by atoms with E-state index in [1.54, 1.807) is 6.20 Å². The van der Waals surface area contributed by atoms with E-state index < -0.39 is 0 Å². The van der Waals surface area contributed by atoms with Gasteiger partial charge in [-0.1, -0.05) is 0 Å². The van der Waals surface area contributed by atoms with Crippen molar-refractivity contribution in [2.75, 3.05) is 0 Å². The molecule has 0 saturated carbocycles. The van der Waals surface area contributed by atoms with Gasteiger partial charge < -0.3 is 5.11 Å². The molecule has 1 aromatic heterocycles. The molecule has 1 aromatic rings. The van der Waals surface area contributed by atoms with Crippen molar-refractivity contribution < 1.29 is 5.11 Å². The number of pyridine rings is 1. The third-order valence-corrected chi connectivity index (χ3v) is 2.44. The van der Waals surface area contributed by atoms with Crippen LogP contribution in [0.5, 0.6) is 5.75 Å². The van der Waals surface area contributed by atoms with Crippen LogP contribution >= 0.6 is 22.6 Å². The van der Waals surface area contributed by atoms with Crippen LogP contribution in [0.4, 0.5) is 0 Å². The zero-order chi connectivity index (χ0) is 6.85. The van der Waals surface area contributed by atoms with Gasteiger partial charge in [-0.15, -0.1) is 0 Å². The van der Waals surface area contributed by atoms with Crippen LogP contribution in [0.1, 0.15) is 5.56 Å².